The molecule has 2 aromatic heterocycles. The van der Waals surface area contributed by atoms with Crippen LogP contribution >= 0.6 is 0 Å². The molecule has 0 saturated carbocycles. The molecule has 2 aromatic rings. The van der Waals surface area contributed by atoms with Gasteiger partial charge >= 0.3 is 0 Å². The van der Waals surface area contributed by atoms with Crippen LogP contribution in [0.25, 0.3) is 0 Å². The van der Waals surface area contributed by atoms with Gasteiger partial charge in [-0.1, -0.05) is 0 Å². The first-order valence-electron chi connectivity index (χ1n) is 7.00. The van der Waals surface area contributed by atoms with Crippen LogP contribution in [0.4, 0.5) is 0 Å². The third-order valence-corrected chi connectivity index (χ3v) is 3.31. The van der Waals surface area contributed by atoms with Crippen molar-refractivity contribution in [2.45, 2.75) is 26.9 Å². The molecule has 0 atom stereocenters. The molecule has 0 aliphatic rings. The molecule has 0 spiro atoms. The summed E-state index contributed by atoms with van der Waals surface area (Å²) in [5.74, 6) is 3.99. The Kier molecular flexibility index (Phi) is 5.04. The van der Waals surface area contributed by atoms with E-state index in [1.165, 1.54) is 0 Å². The molecule has 4 nitrogen and oxygen atoms in total. The Morgan fingerprint density at radius 2 is 1.15 bits per heavy atom. The van der Waals surface area contributed by atoms with Crippen LogP contribution in [0.3, 0.4) is 0 Å². The van der Waals surface area contributed by atoms with E-state index in [0.29, 0.717) is 0 Å². The Bertz CT molecular complexity index is 482. The van der Waals surface area contributed by atoms with E-state index in [2.05, 4.69) is 23.9 Å². The Labute approximate surface area is 121 Å². The third kappa shape index (κ3) is 4.54. The highest BCUT2D eigenvalue weighted by Crippen LogP contribution is 2.10. The number of rotatable bonds is 7. The molecule has 0 amide bonds. The molecule has 0 saturated heterocycles. The lowest BCUT2D eigenvalue weighted by Crippen LogP contribution is -2.30. The fourth-order valence-corrected chi connectivity index (χ4v) is 2.17. The predicted molar refractivity (Wildman–Crippen MR) is 79.6 cm³/mol. The van der Waals surface area contributed by atoms with Crippen LogP contribution in [-0.2, 0) is 13.1 Å². The van der Waals surface area contributed by atoms with Crippen molar-refractivity contribution in [2.24, 2.45) is 0 Å². The minimum absolute atomic E-state index is 0.849. The molecule has 0 aromatic carbocycles. The molecule has 2 heterocycles. The maximum atomic E-state index is 5.59. The van der Waals surface area contributed by atoms with Crippen molar-refractivity contribution < 1.29 is 8.83 Å². The molecule has 0 N–H and O–H groups in total. The minimum atomic E-state index is 0.849. The number of likely N-dealkylation sites (N-methyl/N-ethyl adjacent to an activating group) is 2. The molecule has 110 valence electrons. The fourth-order valence-electron chi connectivity index (χ4n) is 2.17. The van der Waals surface area contributed by atoms with Gasteiger partial charge in [0.15, 0.2) is 0 Å². The van der Waals surface area contributed by atoms with Crippen LogP contribution in [0.1, 0.15) is 23.0 Å². The normalized spacial score (nSPS) is 11.7. The topological polar surface area (TPSA) is 32.8 Å². The highest BCUT2D eigenvalue weighted by atomic mass is 16.3. The van der Waals surface area contributed by atoms with Gasteiger partial charge < -0.3 is 8.83 Å². The minimum Gasteiger partial charge on any atom is -0.465 e. The maximum Gasteiger partial charge on any atom is 0.118 e. The summed E-state index contributed by atoms with van der Waals surface area (Å²) in [6, 6.07) is 8.10. The lowest BCUT2D eigenvalue weighted by molar-refractivity contribution is 0.224. The molecular weight excluding hydrogens is 252 g/mol. The molecule has 2 rings (SSSR count). The van der Waals surface area contributed by atoms with E-state index in [1.807, 2.05) is 38.1 Å². The highest BCUT2D eigenvalue weighted by Gasteiger charge is 2.07. The van der Waals surface area contributed by atoms with E-state index in [0.717, 1.165) is 49.2 Å². The zero-order chi connectivity index (χ0) is 14.5. The van der Waals surface area contributed by atoms with Crippen LogP contribution in [0, 0.1) is 13.8 Å². The summed E-state index contributed by atoms with van der Waals surface area (Å²) >= 11 is 0. The number of hydrogen-bond donors (Lipinski definition) is 0. The number of aryl methyl sites for hydroxylation is 2. The van der Waals surface area contributed by atoms with Crippen LogP contribution in [0.2, 0.25) is 0 Å². The first-order chi connectivity index (χ1) is 9.52. The van der Waals surface area contributed by atoms with E-state index in [4.69, 9.17) is 8.83 Å². The standard InChI is InChI=1S/C16H24N2O2/c1-13-5-7-15(19-13)11-17(3)9-10-18(4)12-16-8-6-14(2)20-16/h5-8H,9-12H2,1-4H3. The van der Waals surface area contributed by atoms with Gasteiger partial charge in [-0.3, -0.25) is 9.80 Å². The average molecular weight is 276 g/mol. The van der Waals surface area contributed by atoms with Crippen molar-refractivity contribution >= 4 is 0 Å². The van der Waals surface area contributed by atoms with Gasteiger partial charge in [-0.25, -0.2) is 0 Å². The van der Waals surface area contributed by atoms with Gasteiger partial charge in [-0.15, -0.1) is 0 Å². The molecule has 0 bridgehead atoms. The SMILES string of the molecule is Cc1ccc(CN(C)CCN(C)Cc2ccc(C)o2)o1. The molecule has 0 aliphatic heterocycles. The Morgan fingerprint density at radius 3 is 1.45 bits per heavy atom. The van der Waals surface area contributed by atoms with Crippen molar-refractivity contribution in [3.05, 3.63) is 47.3 Å². The van der Waals surface area contributed by atoms with E-state index < -0.39 is 0 Å². The van der Waals surface area contributed by atoms with Gasteiger partial charge in [0.05, 0.1) is 13.1 Å². The summed E-state index contributed by atoms with van der Waals surface area (Å²) < 4.78 is 11.2. The summed E-state index contributed by atoms with van der Waals surface area (Å²) in [6.45, 7) is 7.64. The van der Waals surface area contributed by atoms with Gasteiger partial charge in [0, 0.05) is 13.1 Å². The monoisotopic (exact) mass is 276 g/mol. The van der Waals surface area contributed by atoms with Gasteiger partial charge in [-0.05, 0) is 52.2 Å². The summed E-state index contributed by atoms with van der Waals surface area (Å²) in [7, 11) is 4.23. The van der Waals surface area contributed by atoms with Crippen molar-refractivity contribution in [1.29, 1.82) is 0 Å². The van der Waals surface area contributed by atoms with Crippen LogP contribution in [-0.4, -0.2) is 37.0 Å². The zero-order valence-corrected chi connectivity index (χ0v) is 12.8. The van der Waals surface area contributed by atoms with Crippen molar-refractivity contribution in [1.82, 2.24) is 9.80 Å². The lowest BCUT2D eigenvalue weighted by atomic mass is 10.3. The summed E-state index contributed by atoms with van der Waals surface area (Å²) in [5, 5.41) is 0. The summed E-state index contributed by atoms with van der Waals surface area (Å²) in [4.78, 5) is 4.53. The number of furan rings is 2. The highest BCUT2D eigenvalue weighted by molar-refractivity contribution is 5.06. The van der Waals surface area contributed by atoms with Crippen molar-refractivity contribution in [3.63, 3.8) is 0 Å². The van der Waals surface area contributed by atoms with Gasteiger partial charge in [-0.2, -0.15) is 0 Å². The first-order valence-corrected chi connectivity index (χ1v) is 7.00. The predicted octanol–water partition coefficient (Wildman–Crippen LogP) is 3.05. The zero-order valence-electron chi connectivity index (χ0n) is 12.8. The molecule has 0 fully saturated rings. The van der Waals surface area contributed by atoms with E-state index >= 15 is 0 Å². The van der Waals surface area contributed by atoms with Gasteiger partial charge in [0.2, 0.25) is 0 Å². The van der Waals surface area contributed by atoms with Crippen LogP contribution in [0.15, 0.2) is 33.1 Å². The Hall–Kier alpha value is -1.52. The Morgan fingerprint density at radius 1 is 0.750 bits per heavy atom. The first kappa shape index (κ1) is 14.9. The summed E-state index contributed by atoms with van der Waals surface area (Å²) in [5.41, 5.74) is 0. The molecule has 0 unspecified atom stereocenters. The Balaban J connectivity index is 1.71. The quantitative estimate of drug-likeness (QED) is 0.778. The van der Waals surface area contributed by atoms with Crippen molar-refractivity contribution in [3.8, 4) is 0 Å². The second-order valence-electron chi connectivity index (χ2n) is 5.50. The van der Waals surface area contributed by atoms with E-state index in [1.54, 1.807) is 0 Å². The molecule has 0 radical (unpaired) electrons. The van der Waals surface area contributed by atoms with Crippen LogP contribution in [0.5, 0.6) is 0 Å². The second-order valence-corrected chi connectivity index (χ2v) is 5.50. The molecule has 0 aliphatic carbocycles. The molecule has 20 heavy (non-hydrogen) atoms. The lowest BCUT2D eigenvalue weighted by Gasteiger charge is -2.20. The number of nitrogens with zero attached hydrogens (tertiary/aromatic N) is 2. The van der Waals surface area contributed by atoms with Gasteiger partial charge in [0.1, 0.15) is 23.0 Å². The average Bonchev–Trinajstić information content (AvgIpc) is 2.96. The number of hydrogen-bond acceptors (Lipinski definition) is 4. The van der Waals surface area contributed by atoms with Crippen molar-refractivity contribution in [2.75, 3.05) is 27.2 Å². The fraction of sp³-hybridized carbons (Fsp3) is 0.500. The smallest absolute Gasteiger partial charge is 0.118 e. The van der Waals surface area contributed by atoms with Crippen LogP contribution < -0.4 is 0 Å². The molecule has 4 heteroatoms. The van der Waals surface area contributed by atoms with E-state index in [9.17, 15) is 0 Å². The maximum absolute atomic E-state index is 5.59. The second kappa shape index (κ2) is 6.77. The van der Waals surface area contributed by atoms with Gasteiger partial charge in [0.25, 0.3) is 0 Å². The van der Waals surface area contributed by atoms with E-state index in [-0.39, 0.29) is 0 Å². The largest absolute Gasteiger partial charge is 0.465 e. The molecular formula is C16H24N2O2. The summed E-state index contributed by atoms with van der Waals surface area (Å²) in [6.07, 6.45) is 0. The third-order valence-electron chi connectivity index (χ3n) is 3.31.